The summed E-state index contributed by atoms with van der Waals surface area (Å²) in [6.45, 7) is 8.39. The van der Waals surface area contributed by atoms with E-state index in [4.69, 9.17) is 0 Å². The lowest BCUT2D eigenvalue weighted by atomic mass is 9.79. The lowest BCUT2D eigenvalue weighted by Crippen LogP contribution is -2.37. The van der Waals surface area contributed by atoms with Crippen molar-refractivity contribution in [2.45, 2.75) is 71.8 Å². The number of rotatable bonds is 6. The van der Waals surface area contributed by atoms with Crippen LogP contribution >= 0.6 is 0 Å². The quantitative estimate of drug-likeness (QED) is 0.640. The van der Waals surface area contributed by atoms with Crippen LogP contribution in [0.3, 0.4) is 0 Å². The van der Waals surface area contributed by atoms with E-state index in [1.807, 2.05) is 0 Å². The summed E-state index contributed by atoms with van der Waals surface area (Å²) in [6.07, 6.45) is 9.76. The van der Waals surface area contributed by atoms with Crippen LogP contribution in [0.5, 0.6) is 0 Å². The first-order valence-corrected chi connectivity index (χ1v) is 6.40. The molecule has 14 heavy (non-hydrogen) atoms. The van der Waals surface area contributed by atoms with Crippen LogP contribution in [0.25, 0.3) is 0 Å². The Hall–Kier alpha value is -0.0400. The third kappa shape index (κ3) is 3.61. The first-order valence-electron chi connectivity index (χ1n) is 6.40. The lowest BCUT2D eigenvalue weighted by Gasteiger charge is -2.31. The molecule has 1 atom stereocenters. The van der Waals surface area contributed by atoms with Crippen LogP contribution in [0.2, 0.25) is 0 Å². The van der Waals surface area contributed by atoms with Gasteiger partial charge in [0, 0.05) is 6.04 Å². The molecule has 0 aromatic heterocycles. The molecule has 1 rings (SSSR count). The lowest BCUT2D eigenvalue weighted by molar-refractivity contribution is 0.234. The molecular weight excluding hydrogens is 170 g/mol. The minimum atomic E-state index is 0.518. The molecule has 1 nitrogen and oxygen atoms in total. The third-order valence-corrected chi connectivity index (χ3v) is 3.68. The number of nitrogens with one attached hydrogen (secondary N) is 1. The second-order valence-electron chi connectivity index (χ2n) is 5.45. The van der Waals surface area contributed by atoms with Crippen LogP contribution in [-0.2, 0) is 0 Å². The van der Waals surface area contributed by atoms with E-state index in [-0.39, 0.29) is 0 Å². The number of hydrogen-bond acceptors (Lipinski definition) is 1. The Morgan fingerprint density at radius 2 is 2.00 bits per heavy atom. The highest BCUT2D eigenvalue weighted by Crippen LogP contribution is 2.32. The van der Waals surface area contributed by atoms with Gasteiger partial charge in [-0.1, -0.05) is 46.5 Å². The average molecular weight is 197 g/mol. The molecule has 0 spiro atoms. The van der Waals surface area contributed by atoms with Gasteiger partial charge < -0.3 is 5.32 Å². The van der Waals surface area contributed by atoms with Crippen molar-refractivity contribution in [2.24, 2.45) is 5.41 Å². The van der Waals surface area contributed by atoms with Crippen LogP contribution < -0.4 is 5.32 Å². The molecule has 0 amide bonds. The van der Waals surface area contributed by atoms with Gasteiger partial charge in [-0.2, -0.15) is 0 Å². The van der Waals surface area contributed by atoms with Crippen molar-refractivity contribution in [1.82, 2.24) is 5.32 Å². The van der Waals surface area contributed by atoms with Gasteiger partial charge in [0.2, 0.25) is 0 Å². The predicted octanol–water partition coefficient (Wildman–Crippen LogP) is 3.74. The van der Waals surface area contributed by atoms with Gasteiger partial charge in [-0.15, -0.1) is 0 Å². The Bertz CT molecular complexity index is 145. The van der Waals surface area contributed by atoms with E-state index in [9.17, 15) is 0 Å². The Labute approximate surface area is 89.7 Å². The summed E-state index contributed by atoms with van der Waals surface area (Å²) in [5, 5.41) is 3.64. The molecule has 1 saturated heterocycles. The van der Waals surface area contributed by atoms with Crippen LogP contribution in [0.15, 0.2) is 0 Å². The van der Waals surface area contributed by atoms with Gasteiger partial charge in [-0.05, 0) is 31.2 Å². The van der Waals surface area contributed by atoms with Gasteiger partial charge in [-0.25, -0.2) is 0 Å². The zero-order valence-electron chi connectivity index (χ0n) is 10.2. The van der Waals surface area contributed by atoms with Gasteiger partial charge >= 0.3 is 0 Å². The fourth-order valence-corrected chi connectivity index (χ4v) is 2.53. The summed E-state index contributed by atoms with van der Waals surface area (Å²) in [5.41, 5.74) is 0.518. The van der Waals surface area contributed by atoms with Gasteiger partial charge in [-0.3, -0.25) is 0 Å². The average Bonchev–Trinajstić information content (AvgIpc) is 2.65. The van der Waals surface area contributed by atoms with E-state index < -0.39 is 0 Å². The van der Waals surface area contributed by atoms with E-state index in [1.54, 1.807) is 0 Å². The number of unbranched alkanes of at least 4 members (excludes halogenated alkanes) is 3. The Balaban J connectivity index is 2.19. The van der Waals surface area contributed by atoms with Gasteiger partial charge in [0.05, 0.1) is 0 Å². The van der Waals surface area contributed by atoms with Crippen LogP contribution in [0, 0.1) is 5.41 Å². The smallest absolute Gasteiger partial charge is 0.0119 e. The van der Waals surface area contributed by atoms with Crippen molar-refractivity contribution in [3.63, 3.8) is 0 Å². The van der Waals surface area contributed by atoms with Crippen LogP contribution in [0.4, 0.5) is 0 Å². The summed E-state index contributed by atoms with van der Waals surface area (Å²) in [7, 11) is 0. The maximum absolute atomic E-state index is 3.64. The first kappa shape index (κ1) is 12.0. The molecule has 1 unspecified atom stereocenters. The summed E-state index contributed by atoms with van der Waals surface area (Å²) in [6, 6.07) is 0.782. The van der Waals surface area contributed by atoms with Crippen molar-refractivity contribution < 1.29 is 0 Å². The standard InChI is InChI=1S/C13H27N/c1-4-5-6-7-10-13(2,3)12-9-8-11-14-12/h12,14H,4-11H2,1-3H3. The van der Waals surface area contributed by atoms with Gasteiger partial charge in [0.25, 0.3) is 0 Å². The Morgan fingerprint density at radius 1 is 1.21 bits per heavy atom. The normalized spacial score (nSPS) is 22.9. The summed E-state index contributed by atoms with van der Waals surface area (Å²) >= 11 is 0. The highest BCUT2D eigenvalue weighted by atomic mass is 15.0. The van der Waals surface area contributed by atoms with Crippen LogP contribution in [0.1, 0.15) is 65.7 Å². The molecule has 1 N–H and O–H groups in total. The third-order valence-electron chi connectivity index (χ3n) is 3.68. The maximum Gasteiger partial charge on any atom is 0.0119 e. The van der Waals surface area contributed by atoms with Crippen molar-refractivity contribution >= 4 is 0 Å². The highest BCUT2D eigenvalue weighted by molar-refractivity contribution is 4.87. The van der Waals surface area contributed by atoms with E-state index >= 15 is 0 Å². The van der Waals surface area contributed by atoms with E-state index in [1.165, 1.54) is 51.5 Å². The summed E-state index contributed by atoms with van der Waals surface area (Å²) < 4.78 is 0. The number of hydrogen-bond donors (Lipinski definition) is 1. The van der Waals surface area contributed by atoms with Crippen molar-refractivity contribution in [1.29, 1.82) is 0 Å². The Morgan fingerprint density at radius 3 is 2.57 bits per heavy atom. The minimum absolute atomic E-state index is 0.518. The van der Waals surface area contributed by atoms with Gasteiger partial charge in [0.15, 0.2) is 0 Å². The van der Waals surface area contributed by atoms with Gasteiger partial charge in [0.1, 0.15) is 0 Å². The molecule has 0 radical (unpaired) electrons. The van der Waals surface area contributed by atoms with E-state index in [0.29, 0.717) is 5.41 Å². The highest BCUT2D eigenvalue weighted by Gasteiger charge is 2.30. The fourth-order valence-electron chi connectivity index (χ4n) is 2.53. The maximum atomic E-state index is 3.64. The zero-order valence-corrected chi connectivity index (χ0v) is 10.2. The van der Waals surface area contributed by atoms with Crippen molar-refractivity contribution in [3.05, 3.63) is 0 Å². The second kappa shape index (κ2) is 5.75. The molecule has 1 heteroatoms. The largest absolute Gasteiger partial charge is 0.313 e. The Kier molecular flexibility index (Phi) is 4.94. The molecule has 84 valence electrons. The SMILES string of the molecule is CCCCCCC(C)(C)C1CCCN1. The monoisotopic (exact) mass is 197 g/mol. The molecule has 0 bridgehead atoms. The topological polar surface area (TPSA) is 12.0 Å². The fraction of sp³-hybridized carbons (Fsp3) is 1.00. The molecule has 0 aliphatic carbocycles. The molecular formula is C13H27N. The molecule has 1 heterocycles. The minimum Gasteiger partial charge on any atom is -0.313 e. The second-order valence-corrected chi connectivity index (χ2v) is 5.45. The molecule has 0 aromatic carbocycles. The predicted molar refractivity (Wildman–Crippen MR) is 63.6 cm³/mol. The molecule has 1 aliphatic heterocycles. The van der Waals surface area contributed by atoms with E-state index in [2.05, 4.69) is 26.1 Å². The van der Waals surface area contributed by atoms with Crippen LogP contribution in [-0.4, -0.2) is 12.6 Å². The van der Waals surface area contributed by atoms with E-state index in [0.717, 1.165) is 6.04 Å². The van der Waals surface area contributed by atoms with Crippen molar-refractivity contribution in [3.8, 4) is 0 Å². The molecule has 0 aromatic rings. The molecule has 1 aliphatic rings. The molecule has 1 fully saturated rings. The summed E-state index contributed by atoms with van der Waals surface area (Å²) in [4.78, 5) is 0. The zero-order chi connectivity index (χ0) is 10.4. The van der Waals surface area contributed by atoms with Crippen molar-refractivity contribution in [2.75, 3.05) is 6.54 Å². The molecule has 0 saturated carbocycles. The first-order chi connectivity index (χ1) is 6.67. The summed E-state index contributed by atoms with van der Waals surface area (Å²) in [5.74, 6) is 0.